The van der Waals surface area contributed by atoms with Crippen LogP contribution in [0.4, 0.5) is 0 Å². The Kier molecular flexibility index (Phi) is 6.12. The first-order valence-electron chi connectivity index (χ1n) is 4.09. The number of terminal acetylenes is 1. The summed E-state index contributed by atoms with van der Waals surface area (Å²) in [5.41, 5.74) is 0. The summed E-state index contributed by atoms with van der Waals surface area (Å²) < 4.78 is 0. The minimum absolute atomic E-state index is 0.0367. The Labute approximate surface area is 74.1 Å². The maximum absolute atomic E-state index is 11.1. The molecule has 3 nitrogen and oxygen atoms in total. The van der Waals surface area contributed by atoms with E-state index in [1.54, 1.807) is 4.90 Å². The number of nitrogens with one attached hydrogen (secondary N) is 1. The molecule has 0 spiro atoms. The van der Waals surface area contributed by atoms with Crippen LogP contribution < -0.4 is 5.32 Å². The van der Waals surface area contributed by atoms with E-state index in [1.165, 1.54) is 0 Å². The Morgan fingerprint density at radius 2 is 2.33 bits per heavy atom. The number of carbonyl (C=O) groups excluding carboxylic acids is 1. The van der Waals surface area contributed by atoms with Crippen LogP contribution in [0.5, 0.6) is 0 Å². The molecular formula is C9H16N2O. The number of amides is 1. The van der Waals surface area contributed by atoms with E-state index in [-0.39, 0.29) is 5.91 Å². The van der Waals surface area contributed by atoms with Crippen molar-refractivity contribution in [3.63, 3.8) is 0 Å². The van der Waals surface area contributed by atoms with E-state index < -0.39 is 0 Å². The van der Waals surface area contributed by atoms with Gasteiger partial charge in [0.05, 0.1) is 13.1 Å². The molecule has 0 saturated heterocycles. The van der Waals surface area contributed by atoms with E-state index in [2.05, 4.69) is 11.2 Å². The van der Waals surface area contributed by atoms with Crippen LogP contribution in [-0.2, 0) is 4.79 Å². The van der Waals surface area contributed by atoms with E-state index in [1.807, 2.05) is 14.0 Å². The first-order chi connectivity index (χ1) is 5.70. The highest BCUT2D eigenvalue weighted by Gasteiger charge is 2.02. The fourth-order valence-electron chi connectivity index (χ4n) is 0.777. The Hall–Kier alpha value is -1.01. The van der Waals surface area contributed by atoms with E-state index in [9.17, 15) is 4.79 Å². The number of hydrogen-bond acceptors (Lipinski definition) is 2. The lowest BCUT2D eigenvalue weighted by Gasteiger charge is -2.12. The Balaban J connectivity index is 3.48. The maximum Gasteiger partial charge on any atom is 0.234 e. The smallest absolute Gasteiger partial charge is 0.234 e. The third kappa shape index (κ3) is 5.75. The molecule has 0 aliphatic carbocycles. The number of carbonyl (C=O) groups is 1. The van der Waals surface area contributed by atoms with Crippen molar-refractivity contribution in [2.45, 2.75) is 13.3 Å². The molecule has 3 heteroatoms. The molecule has 0 unspecified atom stereocenters. The largest absolute Gasteiger partial charge is 0.355 e. The zero-order chi connectivity index (χ0) is 9.40. The topological polar surface area (TPSA) is 32.3 Å². The van der Waals surface area contributed by atoms with Crippen molar-refractivity contribution in [1.29, 1.82) is 0 Å². The van der Waals surface area contributed by atoms with Gasteiger partial charge < -0.3 is 5.32 Å². The molecule has 0 radical (unpaired) electrons. The molecule has 0 aliphatic rings. The zero-order valence-electron chi connectivity index (χ0n) is 7.76. The van der Waals surface area contributed by atoms with Gasteiger partial charge in [0.25, 0.3) is 0 Å². The molecule has 0 rings (SSSR count). The van der Waals surface area contributed by atoms with Crippen LogP contribution in [0.3, 0.4) is 0 Å². The molecule has 68 valence electrons. The van der Waals surface area contributed by atoms with Gasteiger partial charge in [0.1, 0.15) is 0 Å². The summed E-state index contributed by atoms with van der Waals surface area (Å²) in [5, 5.41) is 2.77. The molecule has 0 bridgehead atoms. The van der Waals surface area contributed by atoms with Crippen LogP contribution >= 0.6 is 0 Å². The second-order valence-electron chi connectivity index (χ2n) is 2.73. The predicted molar refractivity (Wildman–Crippen MR) is 49.6 cm³/mol. The van der Waals surface area contributed by atoms with Gasteiger partial charge in [0, 0.05) is 6.54 Å². The summed E-state index contributed by atoms with van der Waals surface area (Å²) in [6.45, 7) is 3.65. The maximum atomic E-state index is 11.1. The van der Waals surface area contributed by atoms with Gasteiger partial charge >= 0.3 is 0 Å². The van der Waals surface area contributed by atoms with Crippen LogP contribution in [0.2, 0.25) is 0 Å². The van der Waals surface area contributed by atoms with Crippen molar-refractivity contribution < 1.29 is 4.79 Å². The highest BCUT2D eigenvalue weighted by atomic mass is 16.1. The SMILES string of the molecule is C#CCN(C)CC(=O)NCCC. The third-order valence-corrected chi connectivity index (χ3v) is 1.35. The van der Waals surface area contributed by atoms with Gasteiger partial charge in [0.15, 0.2) is 0 Å². The van der Waals surface area contributed by atoms with Gasteiger partial charge in [-0.2, -0.15) is 0 Å². The molecule has 0 fully saturated rings. The molecule has 1 N–H and O–H groups in total. The normalized spacial score (nSPS) is 9.50. The van der Waals surface area contributed by atoms with Crippen LogP contribution in [0.1, 0.15) is 13.3 Å². The summed E-state index contributed by atoms with van der Waals surface area (Å²) in [6.07, 6.45) is 6.04. The molecule has 12 heavy (non-hydrogen) atoms. The first kappa shape index (κ1) is 11.0. The molecule has 0 aliphatic heterocycles. The van der Waals surface area contributed by atoms with Crippen molar-refractivity contribution in [3.05, 3.63) is 0 Å². The van der Waals surface area contributed by atoms with Crippen LogP contribution in [0, 0.1) is 12.3 Å². The molecule has 0 aromatic rings. The van der Waals surface area contributed by atoms with Crippen molar-refractivity contribution in [2.24, 2.45) is 0 Å². The van der Waals surface area contributed by atoms with E-state index >= 15 is 0 Å². The average molecular weight is 168 g/mol. The number of nitrogens with zero attached hydrogens (tertiary/aromatic N) is 1. The van der Waals surface area contributed by atoms with Gasteiger partial charge in [-0.15, -0.1) is 6.42 Å². The quantitative estimate of drug-likeness (QED) is 0.589. The summed E-state index contributed by atoms with van der Waals surface area (Å²) in [4.78, 5) is 12.9. The fraction of sp³-hybridized carbons (Fsp3) is 0.667. The van der Waals surface area contributed by atoms with Crippen LogP contribution in [0.25, 0.3) is 0 Å². The highest BCUT2D eigenvalue weighted by molar-refractivity contribution is 5.77. The van der Waals surface area contributed by atoms with Gasteiger partial charge in [-0.05, 0) is 13.5 Å². The number of hydrogen-bond donors (Lipinski definition) is 1. The second-order valence-corrected chi connectivity index (χ2v) is 2.73. The number of rotatable bonds is 5. The van der Waals surface area contributed by atoms with Gasteiger partial charge in [-0.25, -0.2) is 0 Å². The van der Waals surface area contributed by atoms with E-state index in [0.717, 1.165) is 13.0 Å². The van der Waals surface area contributed by atoms with E-state index in [4.69, 9.17) is 6.42 Å². The lowest BCUT2D eigenvalue weighted by molar-refractivity contribution is -0.121. The second kappa shape index (κ2) is 6.68. The van der Waals surface area contributed by atoms with Crippen molar-refractivity contribution in [3.8, 4) is 12.3 Å². The molecule has 1 amide bonds. The summed E-state index contributed by atoms with van der Waals surface area (Å²) >= 11 is 0. The fourth-order valence-corrected chi connectivity index (χ4v) is 0.777. The first-order valence-corrected chi connectivity index (χ1v) is 4.09. The lowest BCUT2D eigenvalue weighted by Crippen LogP contribution is -2.35. The van der Waals surface area contributed by atoms with Crippen LogP contribution in [0.15, 0.2) is 0 Å². The Morgan fingerprint density at radius 3 is 2.83 bits per heavy atom. The molecule has 0 aromatic carbocycles. The monoisotopic (exact) mass is 168 g/mol. The summed E-state index contributed by atoms with van der Waals surface area (Å²) in [6, 6.07) is 0. The highest BCUT2D eigenvalue weighted by Crippen LogP contribution is 1.80. The Morgan fingerprint density at radius 1 is 1.67 bits per heavy atom. The molecule has 0 saturated carbocycles. The summed E-state index contributed by atoms with van der Waals surface area (Å²) in [5.74, 6) is 2.51. The lowest BCUT2D eigenvalue weighted by atomic mass is 10.4. The zero-order valence-corrected chi connectivity index (χ0v) is 7.76. The molecule has 0 heterocycles. The average Bonchev–Trinajstić information content (AvgIpc) is 2.01. The van der Waals surface area contributed by atoms with Crippen molar-refractivity contribution in [1.82, 2.24) is 10.2 Å². The molecule has 0 atom stereocenters. The van der Waals surface area contributed by atoms with Gasteiger partial charge in [-0.3, -0.25) is 9.69 Å². The Bertz CT molecular complexity index is 172. The minimum atomic E-state index is 0.0367. The number of likely N-dealkylation sites (N-methyl/N-ethyl adjacent to an activating group) is 1. The summed E-state index contributed by atoms with van der Waals surface area (Å²) in [7, 11) is 1.82. The van der Waals surface area contributed by atoms with E-state index in [0.29, 0.717) is 13.1 Å². The predicted octanol–water partition coefficient (Wildman–Crippen LogP) is 0.0776. The van der Waals surface area contributed by atoms with Gasteiger partial charge in [0.2, 0.25) is 5.91 Å². The van der Waals surface area contributed by atoms with Crippen molar-refractivity contribution >= 4 is 5.91 Å². The molecule has 0 aromatic heterocycles. The van der Waals surface area contributed by atoms with Crippen molar-refractivity contribution in [2.75, 3.05) is 26.7 Å². The van der Waals surface area contributed by atoms with Gasteiger partial charge in [-0.1, -0.05) is 12.8 Å². The third-order valence-electron chi connectivity index (χ3n) is 1.35. The van der Waals surface area contributed by atoms with Crippen LogP contribution in [-0.4, -0.2) is 37.5 Å². The minimum Gasteiger partial charge on any atom is -0.355 e. The molecular weight excluding hydrogens is 152 g/mol. The standard InChI is InChI=1S/C9H16N2O/c1-4-6-10-9(12)8-11(3)7-5-2/h2H,4,6-8H2,1,3H3,(H,10,12).